The second-order valence-electron chi connectivity index (χ2n) is 7.54. The van der Waals surface area contributed by atoms with Crippen LogP contribution in [-0.2, 0) is 20.9 Å². The van der Waals surface area contributed by atoms with E-state index in [4.69, 9.17) is 10.5 Å². The van der Waals surface area contributed by atoms with Gasteiger partial charge >= 0.3 is 5.97 Å². The Morgan fingerprint density at radius 2 is 2.07 bits per heavy atom. The molecule has 1 amide bonds. The van der Waals surface area contributed by atoms with Crippen molar-refractivity contribution in [3.63, 3.8) is 0 Å². The third-order valence-corrected chi connectivity index (χ3v) is 4.68. The molecule has 1 aliphatic heterocycles. The number of hydrogen-bond acceptors (Lipinski definition) is 5. The highest BCUT2D eigenvalue weighted by atomic mass is 19.2. The van der Waals surface area contributed by atoms with Crippen LogP contribution in [0.15, 0.2) is 29.5 Å². The highest BCUT2D eigenvalue weighted by Gasteiger charge is 2.37. The van der Waals surface area contributed by atoms with Gasteiger partial charge in [0.2, 0.25) is 0 Å². The molecule has 0 aromatic heterocycles. The predicted octanol–water partition coefficient (Wildman–Crippen LogP) is 2.14. The highest BCUT2D eigenvalue weighted by Crippen LogP contribution is 2.26. The number of rotatable bonds is 7. The maximum atomic E-state index is 13.8. The molecular formula is C20H27F2N3O3. The van der Waals surface area contributed by atoms with Gasteiger partial charge in [0, 0.05) is 17.8 Å². The minimum atomic E-state index is -1.05. The van der Waals surface area contributed by atoms with Crippen molar-refractivity contribution in [3.8, 4) is 0 Å². The summed E-state index contributed by atoms with van der Waals surface area (Å²) in [7, 11) is 0. The van der Waals surface area contributed by atoms with Crippen LogP contribution in [0.3, 0.4) is 0 Å². The Morgan fingerprint density at radius 3 is 2.68 bits per heavy atom. The fourth-order valence-corrected chi connectivity index (χ4v) is 2.99. The van der Waals surface area contributed by atoms with Crippen LogP contribution in [0.1, 0.15) is 39.2 Å². The number of halogens is 2. The van der Waals surface area contributed by atoms with Gasteiger partial charge in [-0.3, -0.25) is 4.79 Å². The fraction of sp³-hybridized carbons (Fsp3) is 0.500. The molecule has 8 heteroatoms. The molecule has 154 valence electrons. The maximum absolute atomic E-state index is 13.8. The van der Waals surface area contributed by atoms with Crippen molar-refractivity contribution in [2.24, 2.45) is 11.7 Å². The molecule has 1 saturated heterocycles. The predicted molar refractivity (Wildman–Crippen MR) is 101 cm³/mol. The van der Waals surface area contributed by atoms with Crippen LogP contribution in [0.4, 0.5) is 8.78 Å². The van der Waals surface area contributed by atoms with Gasteiger partial charge in [-0.1, -0.05) is 26.0 Å². The van der Waals surface area contributed by atoms with Crippen LogP contribution in [-0.4, -0.2) is 30.6 Å². The monoisotopic (exact) mass is 395 g/mol. The van der Waals surface area contributed by atoms with Gasteiger partial charge in [0.15, 0.2) is 11.6 Å². The summed E-state index contributed by atoms with van der Waals surface area (Å²) in [6.07, 6.45) is 1.51. The molecule has 1 aromatic rings. The molecule has 1 aliphatic rings. The number of hydrogen-bond donors (Lipinski definition) is 3. The van der Waals surface area contributed by atoms with Gasteiger partial charge in [0.1, 0.15) is 5.57 Å². The zero-order valence-corrected chi connectivity index (χ0v) is 16.4. The Morgan fingerprint density at radius 1 is 1.36 bits per heavy atom. The topological polar surface area (TPSA) is 93.5 Å². The second-order valence-corrected chi connectivity index (χ2v) is 7.54. The molecule has 4 N–H and O–H groups in total. The van der Waals surface area contributed by atoms with Gasteiger partial charge < -0.3 is 21.1 Å². The van der Waals surface area contributed by atoms with Crippen LogP contribution in [0.25, 0.3) is 0 Å². The number of nitrogens with two attached hydrogens (primary N) is 1. The molecule has 1 aromatic carbocycles. The zero-order valence-electron chi connectivity index (χ0n) is 16.4. The highest BCUT2D eigenvalue weighted by molar-refractivity contribution is 6.17. The average Bonchev–Trinajstić information content (AvgIpc) is 3.09. The lowest BCUT2D eigenvalue weighted by molar-refractivity contribution is -0.141. The molecule has 0 aliphatic carbocycles. The van der Waals surface area contributed by atoms with Crippen LogP contribution in [0.2, 0.25) is 0 Å². The Bertz CT molecular complexity index is 772. The Hall–Kier alpha value is -2.48. The average molecular weight is 395 g/mol. The van der Waals surface area contributed by atoms with Gasteiger partial charge in [-0.2, -0.15) is 0 Å². The molecule has 1 fully saturated rings. The Kier molecular flexibility index (Phi) is 7.12. The van der Waals surface area contributed by atoms with E-state index < -0.39 is 29.0 Å². The van der Waals surface area contributed by atoms with E-state index >= 15 is 0 Å². The first-order chi connectivity index (χ1) is 13.2. The van der Waals surface area contributed by atoms with Gasteiger partial charge in [-0.15, -0.1) is 0 Å². The maximum Gasteiger partial charge on any atom is 0.345 e. The summed E-state index contributed by atoms with van der Waals surface area (Å²) in [5.41, 5.74) is 5.23. The Balaban J connectivity index is 2.26. The van der Waals surface area contributed by atoms with E-state index in [-0.39, 0.29) is 35.9 Å². The van der Waals surface area contributed by atoms with Crippen molar-refractivity contribution in [2.75, 3.05) is 13.2 Å². The lowest BCUT2D eigenvalue weighted by Crippen LogP contribution is -2.45. The number of benzene rings is 1. The third kappa shape index (κ3) is 5.07. The summed E-state index contributed by atoms with van der Waals surface area (Å²) >= 11 is 0. The number of carbonyl (C=O) groups is 2. The third-order valence-electron chi connectivity index (χ3n) is 4.68. The van der Waals surface area contributed by atoms with Crippen molar-refractivity contribution < 1.29 is 23.1 Å². The van der Waals surface area contributed by atoms with E-state index in [0.29, 0.717) is 13.0 Å². The summed E-state index contributed by atoms with van der Waals surface area (Å²) in [6.45, 7) is 6.10. The summed E-state index contributed by atoms with van der Waals surface area (Å²) in [6, 6.07) is 3.67. The van der Waals surface area contributed by atoms with E-state index in [1.807, 2.05) is 20.8 Å². The first kappa shape index (κ1) is 21.8. The summed E-state index contributed by atoms with van der Waals surface area (Å²) < 4.78 is 32.4. The molecular weight excluding hydrogens is 368 g/mol. The van der Waals surface area contributed by atoms with Crippen LogP contribution in [0.5, 0.6) is 0 Å². The molecule has 28 heavy (non-hydrogen) atoms. The molecule has 0 radical (unpaired) electrons. The van der Waals surface area contributed by atoms with Gasteiger partial charge in [0.05, 0.1) is 12.1 Å². The SMILES string of the molecule is CC(C)COC(=O)/C(C(=O)NCc1cccc(F)c1F)=C(\N)C1(C)CCCN1. The zero-order chi connectivity index (χ0) is 20.9. The number of ether oxygens (including phenoxy) is 1. The van der Waals surface area contributed by atoms with Gasteiger partial charge in [-0.05, 0) is 38.3 Å². The van der Waals surface area contributed by atoms with Crippen molar-refractivity contribution in [3.05, 3.63) is 46.7 Å². The van der Waals surface area contributed by atoms with E-state index in [9.17, 15) is 18.4 Å². The summed E-state index contributed by atoms with van der Waals surface area (Å²) in [5.74, 6) is -3.60. The van der Waals surface area contributed by atoms with Crippen molar-refractivity contribution in [1.29, 1.82) is 0 Å². The first-order valence-corrected chi connectivity index (χ1v) is 9.29. The van der Waals surface area contributed by atoms with Crippen molar-refractivity contribution in [2.45, 2.75) is 45.7 Å². The smallest absolute Gasteiger partial charge is 0.345 e. The van der Waals surface area contributed by atoms with E-state index in [1.165, 1.54) is 12.1 Å². The quantitative estimate of drug-likeness (QED) is 0.285. The minimum absolute atomic E-state index is 0.0352. The molecule has 0 spiro atoms. The van der Waals surface area contributed by atoms with Crippen molar-refractivity contribution in [1.82, 2.24) is 10.6 Å². The summed E-state index contributed by atoms with van der Waals surface area (Å²) in [5, 5.41) is 5.64. The molecule has 0 saturated carbocycles. The first-order valence-electron chi connectivity index (χ1n) is 9.29. The molecule has 1 heterocycles. The summed E-state index contributed by atoms with van der Waals surface area (Å²) in [4.78, 5) is 25.3. The molecule has 1 atom stereocenters. The normalized spacial score (nSPS) is 20.1. The molecule has 2 rings (SSSR count). The van der Waals surface area contributed by atoms with E-state index in [1.54, 1.807) is 0 Å². The van der Waals surface area contributed by atoms with E-state index in [2.05, 4.69) is 10.6 Å². The lowest BCUT2D eigenvalue weighted by Gasteiger charge is -2.27. The minimum Gasteiger partial charge on any atom is -0.462 e. The van der Waals surface area contributed by atoms with Crippen LogP contribution >= 0.6 is 0 Å². The number of carbonyl (C=O) groups excluding carboxylic acids is 2. The number of nitrogens with one attached hydrogen (secondary N) is 2. The second kappa shape index (κ2) is 9.14. The van der Waals surface area contributed by atoms with Gasteiger partial charge in [-0.25, -0.2) is 13.6 Å². The van der Waals surface area contributed by atoms with E-state index in [0.717, 1.165) is 12.5 Å². The largest absolute Gasteiger partial charge is 0.462 e. The number of esters is 1. The van der Waals surface area contributed by atoms with Gasteiger partial charge in [0.25, 0.3) is 5.91 Å². The van der Waals surface area contributed by atoms with Crippen molar-refractivity contribution >= 4 is 11.9 Å². The van der Waals surface area contributed by atoms with Crippen LogP contribution in [0, 0.1) is 17.6 Å². The fourth-order valence-electron chi connectivity index (χ4n) is 2.99. The Labute approximate surface area is 163 Å². The van der Waals surface area contributed by atoms with Crippen LogP contribution < -0.4 is 16.4 Å². The lowest BCUT2D eigenvalue weighted by atomic mass is 9.92. The molecule has 0 bridgehead atoms. The molecule has 6 nitrogen and oxygen atoms in total. The molecule has 1 unspecified atom stereocenters. The number of amides is 1. The standard InChI is InChI=1S/C20H27F2N3O3/c1-12(2)11-28-19(27)15(17(23)20(3)8-5-9-25-20)18(26)24-10-13-6-4-7-14(21)16(13)22/h4,6-7,12,25H,5,8-11,23H2,1-3H3,(H,24,26)/b17-15-.